The van der Waals surface area contributed by atoms with E-state index in [-0.39, 0.29) is 5.91 Å². The maximum atomic E-state index is 10.9. The van der Waals surface area contributed by atoms with E-state index < -0.39 is 0 Å². The summed E-state index contributed by atoms with van der Waals surface area (Å²) in [5, 5.41) is 0. The summed E-state index contributed by atoms with van der Waals surface area (Å²) in [6.07, 6.45) is 4.91. The molecule has 1 aromatic carbocycles. The number of primary amides is 1. The van der Waals surface area contributed by atoms with Gasteiger partial charge in [0.05, 0.1) is 0 Å². The Balaban J connectivity index is 2.63. The number of amides is 1. The van der Waals surface area contributed by atoms with E-state index in [2.05, 4.69) is 0 Å². The second-order valence-electron chi connectivity index (χ2n) is 2.85. The number of benzene rings is 1. The number of carbonyl (C=O) groups is 1. The molecular weight excluding hydrogens is 150 g/mol. The van der Waals surface area contributed by atoms with Crippen molar-refractivity contribution >= 4 is 12.0 Å². The SMILES string of the molecule is NC(=O)c1cccc2c1C=CC2. The number of carbonyl (C=O) groups excluding carboxylic acids is 1. The molecular formula is C10H9NO. The van der Waals surface area contributed by atoms with E-state index in [1.807, 2.05) is 24.3 Å². The highest BCUT2D eigenvalue weighted by molar-refractivity contribution is 5.97. The Morgan fingerprint density at radius 3 is 3.00 bits per heavy atom. The van der Waals surface area contributed by atoms with Gasteiger partial charge in [-0.25, -0.2) is 0 Å². The zero-order chi connectivity index (χ0) is 8.55. The summed E-state index contributed by atoms with van der Waals surface area (Å²) < 4.78 is 0. The van der Waals surface area contributed by atoms with Gasteiger partial charge >= 0.3 is 0 Å². The van der Waals surface area contributed by atoms with Crippen molar-refractivity contribution in [1.29, 1.82) is 0 Å². The molecule has 0 saturated heterocycles. The summed E-state index contributed by atoms with van der Waals surface area (Å²) in [6, 6.07) is 5.64. The van der Waals surface area contributed by atoms with Crippen LogP contribution in [0.5, 0.6) is 0 Å². The van der Waals surface area contributed by atoms with Crippen LogP contribution in [-0.4, -0.2) is 5.91 Å². The van der Waals surface area contributed by atoms with Crippen LogP contribution in [0, 0.1) is 0 Å². The fraction of sp³-hybridized carbons (Fsp3) is 0.100. The summed E-state index contributed by atoms with van der Waals surface area (Å²) in [7, 11) is 0. The number of allylic oxidation sites excluding steroid dienone is 1. The zero-order valence-electron chi connectivity index (χ0n) is 6.58. The van der Waals surface area contributed by atoms with Crippen molar-refractivity contribution < 1.29 is 4.79 Å². The van der Waals surface area contributed by atoms with E-state index in [4.69, 9.17) is 5.73 Å². The maximum absolute atomic E-state index is 10.9. The van der Waals surface area contributed by atoms with Gasteiger partial charge in [-0.15, -0.1) is 0 Å². The number of fused-ring (bicyclic) bond motifs is 1. The highest BCUT2D eigenvalue weighted by Crippen LogP contribution is 2.22. The van der Waals surface area contributed by atoms with E-state index in [9.17, 15) is 4.79 Å². The van der Waals surface area contributed by atoms with Crippen LogP contribution in [-0.2, 0) is 6.42 Å². The summed E-state index contributed by atoms with van der Waals surface area (Å²) in [5.74, 6) is -0.349. The maximum Gasteiger partial charge on any atom is 0.249 e. The Bertz CT molecular complexity index is 366. The Labute approximate surface area is 70.7 Å². The average molecular weight is 159 g/mol. The standard InChI is InChI=1S/C10H9NO/c11-10(12)9-6-2-4-7-3-1-5-8(7)9/h1-2,4-6H,3H2,(H2,11,12). The second kappa shape index (κ2) is 2.48. The first-order valence-corrected chi connectivity index (χ1v) is 3.87. The molecule has 0 bridgehead atoms. The number of nitrogens with two attached hydrogens (primary N) is 1. The first kappa shape index (κ1) is 7.10. The van der Waals surface area contributed by atoms with Gasteiger partial charge in [0, 0.05) is 5.56 Å². The van der Waals surface area contributed by atoms with Crippen molar-refractivity contribution in [1.82, 2.24) is 0 Å². The van der Waals surface area contributed by atoms with Crippen molar-refractivity contribution in [3.63, 3.8) is 0 Å². The minimum Gasteiger partial charge on any atom is -0.366 e. The topological polar surface area (TPSA) is 43.1 Å². The summed E-state index contributed by atoms with van der Waals surface area (Å²) in [4.78, 5) is 10.9. The molecule has 0 fully saturated rings. The van der Waals surface area contributed by atoms with Crippen LogP contribution in [0.1, 0.15) is 21.5 Å². The van der Waals surface area contributed by atoms with Crippen LogP contribution in [0.3, 0.4) is 0 Å². The number of hydrogen-bond donors (Lipinski definition) is 1. The van der Waals surface area contributed by atoms with E-state index >= 15 is 0 Å². The Morgan fingerprint density at radius 1 is 1.42 bits per heavy atom. The fourth-order valence-electron chi connectivity index (χ4n) is 1.51. The molecule has 1 aliphatic carbocycles. The normalized spacial score (nSPS) is 13.0. The largest absolute Gasteiger partial charge is 0.366 e. The lowest BCUT2D eigenvalue weighted by Crippen LogP contribution is -2.12. The van der Waals surface area contributed by atoms with Gasteiger partial charge in [-0.05, 0) is 23.6 Å². The van der Waals surface area contributed by atoms with Crippen LogP contribution in [0.15, 0.2) is 24.3 Å². The molecule has 1 aromatic rings. The highest BCUT2D eigenvalue weighted by Gasteiger charge is 2.11. The minimum absolute atomic E-state index is 0.349. The first-order valence-electron chi connectivity index (χ1n) is 3.87. The lowest BCUT2D eigenvalue weighted by Gasteiger charge is -2.02. The minimum atomic E-state index is -0.349. The number of rotatable bonds is 1. The smallest absolute Gasteiger partial charge is 0.249 e. The van der Waals surface area contributed by atoms with Crippen LogP contribution < -0.4 is 5.73 Å². The van der Waals surface area contributed by atoms with E-state index in [0.29, 0.717) is 5.56 Å². The predicted molar refractivity (Wildman–Crippen MR) is 47.7 cm³/mol. The average Bonchev–Trinajstić information content (AvgIpc) is 2.49. The zero-order valence-corrected chi connectivity index (χ0v) is 6.58. The molecule has 0 saturated carbocycles. The molecule has 60 valence electrons. The van der Waals surface area contributed by atoms with Gasteiger partial charge < -0.3 is 5.73 Å². The molecule has 1 amide bonds. The Hall–Kier alpha value is -1.57. The molecule has 12 heavy (non-hydrogen) atoms. The van der Waals surface area contributed by atoms with Crippen molar-refractivity contribution in [2.24, 2.45) is 5.73 Å². The van der Waals surface area contributed by atoms with Gasteiger partial charge in [0.2, 0.25) is 5.91 Å². The molecule has 2 heteroatoms. The molecule has 2 N–H and O–H groups in total. The fourth-order valence-corrected chi connectivity index (χ4v) is 1.51. The Morgan fingerprint density at radius 2 is 2.25 bits per heavy atom. The van der Waals surface area contributed by atoms with Crippen LogP contribution >= 0.6 is 0 Å². The van der Waals surface area contributed by atoms with Crippen molar-refractivity contribution in [2.45, 2.75) is 6.42 Å². The van der Waals surface area contributed by atoms with Crippen LogP contribution in [0.4, 0.5) is 0 Å². The van der Waals surface area contributed by atoms with E-state index in [1.54, 1.807) is 6.07 Å². The van der Waals surface area contributed by atoms with Gasteiger partial charge in [0.1, 0.15) is 0 Å². The molecule has 0 unspecified atom stereocenters. The predicted octanol–water partition coefficient (Wildman–Crippen LogP) is 1.35. The molecule has 1 aliphatic rings. The number of hydrogen-bond acceptors (Lipinski definition) is 1. The van der Waals surface area contributed by atoms with Crippen LogP contribution in [0.25, 0.3) is 6.08 Å². The lowest BCUT2D eigenvalue weighted by molar-refractivity contribution is 0.1000. The quantitative estimate of drug-likeness (QED) is 0.660. The molecule has 0 atom stereocenters. The Kier molecular flexibility index (Phi) is 1.47. The third kappa shape index (κ3) is 0.925. The molecule has 0 aliphatic heterocycles. The molecule has 2 nitrogen and oxygen atoms in total. The third-order valence-electron chi connectivity index (χ3n) is 2.08. The van der Waals surface area contributed by atoms with Crippen molar-refractivity contribution in [2.75, 3.05) is 0 Å². The molecule has 0 heterocycles. The van der Waals surface area contributed by atoms with E-state index in [1.165, 1.54) is 5.56 Å². The molecule has 0 aromatic heterocycles. The van der Waals surface area contributed by atoms with Crippen molar-refractivity contribution in [3.05, 3.63) is 41.0 Å². The van der Waals surface area contributed by atoms with Gasteiger partial charge in [0.25, 0.3) is 0 Å². The summed E-state index contributed by atoms with van der Waals surface area (Å²) in [6.45, 7) is 0. The van der Waals surface area contributed by atoms with Gasteiger partial charge in [-0.2, -0.15) is 0 Å². The van der Waals surface area contributed by atoms with Gasteiger partial charge in [-0.3, -0.25) is 4.79 Å². The monoisotopic (exact) mass is 159 g/mol. The second-order valence-corrected chi connectivity index (χ2v) is 2.85. The first-order chi connectivity index (χ1) is 5.79. The summed E-state index contributed by atoms with van der Waals surface area (Å²) in [5.41, 5.74) is 8.02. The van der Waals surface area contributed by atoms with Gasteiger partial charge in [-0.1, -0.05) is 24.3 Å². The lowest BCUT2D eigenvalue weighted by atomic mass is 10.0. The van der Waals surface area contributed by atoms with Gasteiger partial charge in [0.15, 0.2) is 0 Å². The van der Waals surface area contributed by atoms with Crippen LogP contribution in [0.2, 0.25) is 0 Å². The summed E-state index contributed by atoms with van der Waals surface area (Å²) >= 11 is 0. The molecule has 2 rings (SSSR count). The van der Waals surface area contributed by atoms with Crippen molar-refractivity contribution in [3.8, 4) is 0 Å². The highest BCUT2D eigenvalue weighted by atomic mass is 16.1. The molecule has 0 spiro atoms. The van der Waals surface area contributed by atoms with E-state index in [0.717, 1.165) is 12.0 Å². The third-order valence-corrected chi connectivity index (χ3v) is 2.08. The molecule has 0 radical (unpaired) electrons.